The van der Waals surface area contributed by atoms with Gasteiger partial charge in [0.05, 0.1) is 11.8 Å². The summed E-state index contributed by atoms with van der Waals surface area (Å²) in [4.78, 5) is 23.5. The number of carbonyl (C=O) groups excluding carboxylic acids is 2. The minimum atomic E-state index is -0.269. The maximum Gasteiger partial charge on any atom is 0.260 e. The average Bonchev–Trinajstić information content (AvgIpc) is 2.87. The molecule has 0 unspecified atom stereocenters. The Labute approximate surface area is 130 Å². The number of furan rings is 1. The summed E-state index contributed by atoms with van der Waals surface area (Å²) >= 11 is 3.16. The molecule has 0 aliphatic heterocycles. The van der Waals surface area contributed by atoms with Crippen LogP contribution in [0.2, 0.25) is 0 Å². The first-order valence-electron chi connectivity index (χ1n) is 6.42. The largest absolute Gasteiger partial charge is 0.457 e. The summed E-state index contributed by atoms with van der Waals surface area (Å²) in [6.07, 6.45) is 1.43. The Morgan fingerprint density at radius 3 is 2.10 bits per heavy atom. The SMILES string of the molecule is CC(C)C(=O)Nc1ccc(NC(=O)c2ccoc2Br)cc1. The summed E-state index contributed by atoms with van der Waals surface area (Å²) in [5, 5.41) is 5.53. The molecule has 0 aliphatic rings. The quantitative estimate of drug-likeness (QED) is 0.878. The molecule has 2 N–H and O–H groups in total. The van der Waals surface area contributed by atoms with Gasteiger partial charge < -0.3 is 15.1 Å². The highest BCUT2D eigenvalue weighted by molar-refractivity contribution is 9.10. The number of anilines is 2. The van der Waals surface area contributed by atoms with E-state index in [4.69, 9.17) is 4.42 Å². The number of nitrogens with one attached hydrogen (secondary N) is 2. The number of hydrogen-bond donors (Lipinski definition) is 2. The lowest BCUT2D eigenvalue weighted by atomic mass is 10.2. The maximum atomic E-state index is 12.0. The minimum Gasteiger partial charge on any atom is -0.457 e. The lowest BCUT2D eigenvalue weighted by molar-refractivity contribution is -0.118. The number of halogens is 1. The van der Waals surface area contributed by atoms with E-state index in [0.29, 0.717) is 21.6 Å². The van der Waals surface area contributed by atoms with Crippen LogP contribution in [0.25, 0.3) is 0 Å². The van der Waals surface area contributed by atoms with Crippen LogP contribution in [-0.4, -0.2) is 11.8 Å². The van der Waals surface area contributed by atoms with Crippen molar-refractivity contribution < 1.29 is 14.0 Å². The molecule has 21 heavy (non-hydrogen) atoms. The molecular weight excluding hydrogens is 336 g/mol. The molecule has 0 saturated carbocycles. The summed E-state index contributed by atoms with van der Waals surface area (Å²) in [5.41, 5.74) is 1.75. The highest BCUT2D eigenvalue weighted by Crippen LogP contribution is 2.20. The van der Waals surface area contributed by atoms with Crippen LogP contribution >= 0.6 is 15.9 Å². The van der Waals surface area contributed by atoms with Gasteiger partial charge in [0, 0.05) is 17.3 Å². The Balaban J connectivity index is 2.01. The first-order chi connectivity index (χ1) is 9.97. The van der Waals surface area contributed by atoms with Crippen molar-refractivity contribution in [2.45, 2.75) is 13.8 Å². The van der Waals surface area contributed by atoms with Crippen LogP contribution in [0.1, 0.15) is 24.2 Å². The van der Waals surface area contributed by atoms with Gasteiger partial charge in [-0.25, -0.2) is 0 Å². The highest BCUT2D eigenvalue weighted by Gasteiger charge is 2.13. The van der Waals surface area contributed by atoms with Crippen LogP contribution in [0.5, 0.6) is 0 Å². The van der Waals surface area contributed by atoms with Crippen LogP contribution in [0, 0.1) is 5.92 Å². The Morgan fingerprint density at radius 1 is 1.05 bits per heavy atom. The zero-order valence-corrected chi connectivity index (χ0v) is 13.2. The molecule has 0 aliphatic carbocycles. The van der Waals surface area contributed by atoms with E-state index in [1.165, 1.54) is 6.26 Å². The third-order valence-corrected chi connectivity index (χ3v) is 3.41. The van der Waals surface area contributed by atoms with Crippen LogP contribution < -0.4 is 10.6 Å². The van der Waals surface area contributed by atoms with Crippen molar-refractivity contribution in [2.24, 2.45) is 5.92 Å². The molecule has 0 spiro atoms. The second-order valence-corrected chi connectivity index (χ2v) is 5.50. The molecule has 2 amide bonds. The second kappa shape index (κ2) is 6.58. The standard InChI is InChI=1S/C15H15BrN2O3/c1-9(2)14(19)17-10-3-5-11(6-4-10)18-15(20)12-7-8-21-13(12)16/h3-9H,1-2H3,(H,17,19)(H,18,20). The highest BCUT2D eigenvalue weighted by atomic mass is 79.9. The zero-order chi connectivity index (χ0) is 15.4. The van der Waals surface area contributed by atoms with Gasteiger partial charge in [0.1, 0.15) is 0 Å². The molecule has 1 aromatic carbocycles. The molecule has 5 nitrogen and oxygen atoms in total. The zero-order valence-electron chi connectivity index (χ0n) is 11.6. The molecule has 110 valence electrons. The fourth-order valence-corrected chi connectivity index (χ4v) is 2.00. The van der Waals surface area contributed by atoms with Gasteiger partial charge in [0.2, 0.25) is 5.91 Å². The van der Waals surface area contributed by atoms with Crippen LogP contribution in [0.3, 0.4) is 0 Å². The van der Waals surface area contributed by atoms with Gasteiger partial charge in [-0.1, -0.05) is 13.8 Å². The molecule has 0 fully saturated rings. The average molecular weight is 351 g/mol. The molecule has 0 atom stereocenters. The molecule has 0 bridgehead atoms. The van der Waals surface area contributed by atoms with E-state index in [9.17, 15) is 9.59 Å². The Morgan fingerprint density at radius 2 is 1.62 bits per heavy atom. The van der Waals surface area contributed by atoms with Crippen molar-refractivity contribution in [1.82, 2.24) is 0 Å². The molecule has 0 saturated heterocycles. The number of hydrogen-bond acceptors (Lipinski definition) is 3. The predicted octanol–water partition coefficient (Wildman–Crippen LogP) is 3.89. The molecule has 1 aromatic heterocycles. The minimum absolute atomic E-state index is 0.0471. The fraction of sp³-hybridized carbons (Fsp3) is 0.200. The monoisotopic (exact) mass is 350 g/mol. The Hall–Kier alpha value is -2.08. The number of benzene rings is 1. The Kier molecular flexibility index (Phi) is 4.80. The van der Waals surface area contributed by atoms with Crippen LogP contribution in [0.15, 0.2) is 45.7 Å². The lowest BCUT2D eigenvalue weighted by Crippen LogP contribution is -2.17. The molecule has 2 aromatic rings. The summed E-state index contributed by atoms with van der Waals surface area (Å²) in [6, 6.07) is 8.50. The first-order valence-corrected chi connectivity index (χ1v) is 7.22. The van der Waals surface area contributed by atoms with Gasteiger partial charge in [-0.15, -0.1) is 0 Å². The summed E-state index contributed by atoms with van der Waals surface area (Å²) in [5.74, 6) is -0.397. The van der Waals surface area contributed by atoms with Crippen LogP contribution in [0.4, 0.5) is 11.4 Å². The van der Waals surface area contributed by atoms with Gasteiger partial charge in [0.25, 0.3) is 5.91 Å². The van der Waals surface area contributed by atoms with Gasteiger partial charge in [-0.05, 0) is 46.3 Å². The van der Waals surface area contributed by atoms with Gasteiger partial charge in [-0.2, -0.15) is 0 Å². The normalized spacial score (nSPS) is 10.5. The van der Waals surface area contributed by atoms with Gasteiger partial charge >= 0.3 is 0 Å². The van der Waals surface area contributed by atoms with E-state index in [2.05, 4.69) is 26.6 Å². The summed E-state index contributed by atoms with van der Waals surface area (Å²) in [7, 11) is 0. The van der Waals surface area contributed by atoms with E-state index in [1.54, 1.807) is 30.3 Å². The lowest BCUT2D eigenvalue weighted by Gasteiger charge is -2.09. The second-order valence-electron chi connectivity index (χ2n) is 4.78. The third-order valence-electron chi connectivity index (χ3n) is 2.80. The molecule has 2 rings (SSSR count). The van der Waals surface area contributed by atoms with E-state index in [0.717, 1.165) is 0 Å². The first kappa shape index (κ1) is 15.3. The fourth-order valence-electron chi connectivity index (χ4n) is 1.58. The third kappa shape index (κ3) is 3.95. The van der Waals surface area contributed by atoms with Crippen molar-refractivity contribution in [1.29, 1.82) is 0 Å². The topological polar surface area (TPSA) is 71.3 Å². The van der Waals surface area contributed by atoms with Crippen molar-refractivity contribution in [3.05, 3.63) is 46.8 Å². The molecular formula is C15H15BrN2O3. The van der Waals surface area contributed by atoms with Gasteiger partial charge in [0.15, 0.2) is 4.67 Å². The van der Waals surface area contributed by atoms with Gasteiger partial charge in [-0.3, -0.25) is 9.59 Å². The number of amides is 2. The summed E-state index contributed by atoms with van der Waals surface area (Å²) < 4.78 is 5.41. The number of rotatable bonds is 4. The van der Waals surface area contributed by atoms with Crippen LogP contribution in [-0.2, 0) is 4.79 Å². The molecule has 0 radical (unpaired) electrons. The van der Waals surface area contributed by atoms with Crippen molar-refractivity contribution in [3.63, 3.8) is 0 Å². The smallest absolute Gasteiger partial charge is 0.260 e. The van der Waals surface area contributed by atoms with E-state index < -0.39 is 0 Å². The van der Waals surface area contributed by atoms with Crippen molar-refractivity contribution >= 4 is 39.1 Å². The van der Waals surface area contributed by atoms with E-state index in [1.807, 2.05) is 13.8 Å². The van der Waals surface area contributed by atoms with E-state index in [-0.39, 0.29) is 17.7 Å². The molecule has 6 heteroatoms. The maximum absolute atomic E-state index is 12.0. The van der Waals surface area contributed by atoms with E-state index >= 15 is 0 Å². The van der Waals surface area contributed by atoms with Crippen molar-refractivity contribution in [2.75, 3.05) is 10.6 Å². The summed E-state index contributed by atoms with van der Waals surface area (Å²) in [6.45, 7) is 3.65. The predicted molar refractivity (Wildman–Crippen MR) is 84.3 cm³/mol. The molecule has 1 heterocycles. The Bertz CT molecular complexity index is 647. The number of carbonyl (C=O) groups is 2. The van der Waals surface area contributed by atoms with Crippen molar-refractivity contribution in [3.8, 4) is 0 Å².